The molecule has 0 radical (unpaired) electrons. The standard InChI is InChI=1S/C26H30N4O3S/c1-6-23(20-15-24-26(25(16-20)33-5)30(4)28-27-24)19-13-12-18(2)21(14-19)17-29(3)34(31,32)22-10-8-7-9-11-22/h7-16,23H,6,17H2,1-5H3. The summed E-state index contributed by atoms with van der Waals surface area (Å²) in [6.07, 6.45) is 0.871. The molecule has 0 spiro atoms. The zero-order chi connectivity index (χ0) is 24.5. The van der Waals surface area contributed by atoms with E-state index < -0.39 is 10.0 Å². The van der Waals surface area contributed by atoms with Crippen LogP contribution in [0.1, 0.15) is 41.5 Å². The molecule has 178 valence electrons. The zero-order valence-corrected chi connectivity index (χ0v) is 21.0. The van der Waals surface area contributed by atoms with Crippen LogP contribution in [0.5, 0.6) is 5.75 Å². The lowest BCUT2D eigenvalue weighted by atomic mass is 9.87. The van der Waals surface area contributed by atoms with Crippen molar-refractivity contribution < 1.29 is 13.2 Å². The van der Waals surface area contributed by atoms with Crippen LogP contribution in [0.25, 0.3) is 11.0 Å². The first kappa shape index (κ1) is 23.9. The maximum Gasteiger partial charge on any atom is 0.243 e. The molecule has 0 N–H and O–H groups in total. The predicted molar refractivity (Wildman–Crippen MR) is 133 cm³/mol. The molecule has 34 heavy (non-hydrogen) atoms. The molecule has 0 bridgehead atoms. The van der Waals surface area contributed by atoms with Crippen LogP contribution < -0.4 is 4.74 Å². The molecule has 3 aromatic carbocycles. The van der Waals surface area contributed by atoms with Gasteiger partial charge in [0.2, 0.25) is 10.0 Å². The molecule has 1 aromatic heterocycles. The van der Waals surface area contributed by atoms with Crippen molar-refractivity contribution in [2.24, 2.45) is 7.05 Å². The van der Waals surface area contributed by atoms with Crippen LogP contribution in [0, 0.1) is 6.92 Å². The largest absolute Gasteiger partial charge is 0.494 e. The van der Waals surface area contributed by atoms with Gasteiger partial charge < -0.3 is 4.74 Å². The van der Waals surface area contributed by atoms with Gasteiger partial charge in [0.05, 0.1) is 12.0 Å². The molecule has 7 nitrogen and oxygen atoms in total. The van der Waals surface area contributed by atoms with Crippen LogP contribution in [0.15, 0.2) is 65.6 Å². The molecule has 4 rings (SSSR count). The Bertz CT molecular complexity index is 1420. The van der Waals surface area contributed by atoms with Crippen molar-refractivity contribution in [1.82, 2.24) is 19.3 Å². The molecule has 0 aliphatic heterocycles. The number of rotatable bonds is 8. The first-order valence-corrected chi connectivity index (χ1v) is 12.7. The maximum atomic E-state index is 13.0. The zero-order valence-electron chi connectivity index (χ0n) is 20.2. The van der Waals surface area contributed by atoms with E-state index in [-0.39, 0.29) is 5.92 Å². The van der Waals surface area contributed by atoms with Gasteiger partial charge >= 0.3 is 0 Å². The Morgan fingerprint density at radius 3 is 2.47 bits per heavy atom. The minimum atomic E-state index is -3.58. The predicted octanol–water partition coefficient (Wildman–Crippen LogP) is 4.65. The Morgan fingerprint density at radius 2 is 1.79 bits per heavy atom. The Balaban J connectivity index is 1.69. The van der Waals surface area contributed by atoms with Gasteiger partial charge in [-0.25, -0.2) is 13.1 Å². The van der Waals surface area contributed by atoms with E-state index in [2.05, 4.69) is 41.5 Å². The molecular weight excluding hydrogens is 448 g/mol. The highest BCUT2D eigenvalue weighted by Gasteiger charge is 2.23. The van der Waals surface area contributed by atoms with E-state index in [0.717, 1.165) is 45.5 Å². The van der Waals surface area contributed by atoms with Crippen molar-refractivity contribution in [3.63, 3.8) is 0 Å². The van der Waals surface area contributed by atoms with E-state index in [1.54, 1.807) is 43.1 Å². The lowest BCUT2D eigenvalue weighted by Gasteiger charge is -2.22. The molecule has 1 heterocycles. The number of sulfonamides is 1. The number of hydrogen-bond donors (Lipinski definition) is 0. The molecule has 4 aromatic rings. The smallest absolute Gasteiger partial charge is 0.243 e. The van der Waals surface area contributed by atoms with Gasteiger partial charge in [0.1, 0.15) is 16.8 Å². The molecule has 1 atom stereocenters. The lowest BCUT2D eigenvalue weighted by molar-refractivity contribution is 0.416. The van der Waals surface area contributed by atoms with E-state index in [9.17, 15) is 8.42 Å². The average molecular weight is 479 g/mol. The third-order valence-electron chi connectivity index (χ3n) is 6.34. The molecule has 0 fully saturated rings. The number of methoxy groups -OCH3 is 1. The monoisotopic (exact) mass is 478 g/mol. The average Bonchev–Trinajstić information content (AvgIpc) is 3.22. The van der Waals surface area contributed by atoms with E-state index in [1.807, 2.05) is 26.1 Å². The molecule has 0 saturated heterocycles. The van der Waals surface area contributed by atoms with Crippen LogP contribution in [0.4, 0.5) is 0 Å². The Kier molecular flexibility index (Phi) is 6.72. The Labute approximate surface area is 201 Å². The minimum absolute atomic E-state index is 0.107. The summed E-state index contributed by atoms with van der Waals surface area (Å²) in [7, 11) is 1.55. The molecule has 0 amide bonds. The summed E-state index contributed by atoms with van der Waals surface area (Å²) in [6.45, 7) is 4.45. The molecule has 1 unspecified atom stereocenters. The Hall–Kier alpha value is -3.23. The van der Waals surface area contributed by atoms with E-state index in [1.165, 1.54) is 4.31 Å². The molecular formula is C26H30N4O3S. The maximum absolute atomic E-state index is 13.0. The topological polar surface area (TPSA) is 77.3 Å². The summed E-state index contributed by atoms with van der Waals surface area (Å²) in [4.78, 5) is 0.294. The summed E-state index contributed by atoms with van der Waals surface area (Å²) in [5.74, 6) is 0.843. The quantitative estimate of drug-likeness (QED) is 0.368. The summed E-state index contributed by atoms with van der Waals surface area (Å²) >= 11 is 0. The number of hydrogen-bond acceptors (Lipinski definition) is 5. The van der Waals surface area contributed by atoms with Crippen molar-refractivity contribution in [1.29, 1.82) is 0 Å². The number of fused-ring (bicyclic) bond motifs is 1. The number of ether oxygens (including phenoxy) is 1. The SMILES string of the molecule is CCC(c1ccc(C)c(CN(C)S(=O)(=O)c2ccccc2)c1)c1cc(OC)c2c(c1)nnn2C. The fourth-order valence-corrected chi connectivity index (χ4v) is 5.54. The van der Waals surface area contributed by atoms with Crippen molar-refractivity contribution in [3.8, 4) is 5.75 Å². The second-order valence-electron chi connectivity index (χ2n) is 8.52. The van der Waals surface area contributed by atoms with Gasteiger partial charge in [0, 0.05) is 26.6 Å². The van der Waals surface area contributed by atoms with Crippen molar-refractivity contribution >= 4 is 21.1 Å². The van der Waals surface area contributed by atoms with Crippen molar-refractivity contribution in [2.45, 2.75) is 37.6 Å². The van der Waals surface area contributed by atoms with Gasteiger partial charge in [0.25, 0.3) is 0 Å². The summed E-state index contributed by atoms with van der Waals surface area (Å²) in [6, 6.07) is 18.9. The highest BCUT2D eigenvalue weighted by atomic mass is 32.2. The number of aromatic nitrogens is 3. The van der Waals surface area contributed by atoms with E-state index in [4.69, 9.17) is 4.74 Å². The van der Waals surface area contributed by atoms with Gasteiger partial charge in [-0.2, -0.15) is 4.31 Å². The summed E-state index contributed by atoms with van der Waals surface area (Å²) < 4.78 is 34.8. The normalized spacial score (nSPS) is 12.9. The molecule has 0 saturated carbocycles. The van der Waals surface area contributed by atoms with Crippen molar-refractivity contribution in [2.75, 3.05) is 14.2 Å². The number of nitrogens with zero attached hydrogens (tertiary/aromatic N) is 4. The lowest BCUT2D eigenvalue weighted by Crippen LogP contribution is -2.26. The molecule has 0 aliphatic carbocycles. The van der Waals surface area contributed by atoms with Crippen LogP contribution >= 0.6 is 0 Å². The number of aryl methyl sites for hydroxylation is 2. The van der Waals surface area contributed by atoms with Gasteiger partial charge in [-0.1, -0.05) is 48.5 Å². The molecule has 0 aliphatic rings. The Morgan fingerprint density at radius 1 is 1.06 bits per heavy atom. The van der Waals surface area contributed by atoms with Crippen molar-refractivity contribution in [3.05, 3.63) is 82.9 Å². The minimum Gasteiger partial charge on any atom is -0.494 e. The van der Waals surface area contributed by atoms with E-state index in [0.29, 0.717) is 11.4 Å². The second-order valence-corrected chi connectivity index (χ2v) is 10.6. The summed E-state index contributed by atoms with van der Waals surface area (Å²) in [5, 5.41) is 8.42. The van der Waals surface area contributed by atoms with Gasteiger partial charge in [-0.3, -0.25) is 0 Å². The summed E-state index contributed by atoms with van der Waals surface area (Å²) in [5.41, 5.74) is 5.89. The third-order valence-corrected chi connectivity index (χ3v) is 8.16. The third kappa shape index (κ3) is 4.43. The van der Waals surface area contributed by atoms with Crippen LogP contribution in [-0.4, -0.2) is 41.9 Å². The van der Waals surface area contributed by atoms with Gasteiger partial charge in [-0.05, 0) is 59.9 Å². The first-order chi connectivity index (χ1) is 16.3. The second kappa shape index (κ2) is 9.56. The van der Waals surface area contributed by atoms with Crippen LogP contribution in [-0.2, 0) is 23.6 Å². The molecule has 8 heteroatoms. The fourth-order valence-electron chi connectivity index (χ4n) is 4.37. The van der Waals surface area contributed by atoms with Crippen LogP contribution in [0.3, 0.4) is 0 Å². The van der Waals surface area contributed by atoms with Gasteiger partial charge in [-0.15, -0.1) is 5.10 Å². The van der Waals surface area contributed by atoms with Gasteiger partial charge in [0.15, 0.2) is 0 Å². The highest BCUT2D eigenvalue weighted by molar-refractivity contribution is 7.89. The first-order valence-electron chi connectivity index (χ1n) is 11.2. The van der Waals surface area contributed by atoms with Crippen LogP contribution in [0.2, 0.25) is 0 Å². The number of benzene rings is 3. The highest BCUT2D eigenvalue weighted by Crippen LogP contribution is 2.35. The van der Waals surface area contributed by atoms with E-state index >= 15 is 0 Å². The fraction of sp³-hybridized carbons (Fsp3) is 0.308.